The van der Waals surface area contributed by atoms with E-state index in [0.717, 1.165) is 0 Å². The van der Waals surface area contributed by atoms with Crippen LogP contribution in [0, 0.1) is 12.8 Å². The van der Waals surface area contributed by atoms with Crippen LogP contribution in [-0.4, -0.2) is 17.1 Å². The second kappa shape index (κ2) is 1.41. The Hall–Kier alpha value is -0.180. The molecule has 1 aliphatic carbocycles. The molecule has 1 fully saturated rings. The summed E-state index contributed by atoms with van der Waals surface area (Å²) in [4.78, 5) is 0. The van der Waals surface area contributed by atoms with Crippen molar-refractivity contribution in [2.24, 2.45) is 5.92 Å². The molecular weight excluding hydrogens is 114 g/mol. The fourth-order valence-electron chi connectivity index (χ4n) is 0.652. The average molecular weight is 121 g/mol. The highest BCUT2D eigenvalue weighted by atomic mass is 19.3. The van der Waals surface area contributed by atoms with Gasteiger partial charge in [-0.3, -0.25) is 0 Å². The van der Waals surface area contributed by atoms with E-state index >= 15 is 0 Å². The minimum Gasteiger partial charge on any atom is -0.393 e. The summed E-state index contributed by atoms with van der Waals surface area (Å²) >= 11 is 0. The predicted molar refractivity (Wildman–Crippen MR) is 24.4 cm³/mol. The maximum Gasteiger partial charge on any atom is 0.254 e. The van der Waals surface area contributed by atoms with Gasteiger partial charge in [-0.05, 0) is 6.92 Å². The van der Waals surface area contributed by atoms with E-state index in [1.807, 2.05) is 0 Å². The molecule has 0 heterocycles. The van der Waals surface area contributed by atoms with Gasteiger partial charge in [0, 0.05) is 6.42 Å². The number of halogens is 2. The molecule has 1 aliphatic rings. The van der Waals surface area contributed by atoms with Crippen molar-refractivity contribution in [2.75, 3.05) is 0 Å². The van der Waals surface area contributed by atoms with E-state index in [4.69, 9.17) is 5.11 Å². The largest absolute Gasteiger partial charge is 0.393 e. The van der Waals surface area contributed by atoms with Crippen LogP contribution in [0.1, 0.15) is 6.42 Å². The van der Waals surface area contributed by atoms with Gasteiger partial charge in [-0.15, -0.1) is 0 Å². The summed E-state index contributed by atoms with van der Waals surface area (Å²) in [6.45, 7) is 3.07. The van der Waals surface area contributed by atoms with Crippen molar-refractivity contribution in [2.45, 2.75) is 18.4 Å². The maximum absolute atomic E-state index is 11.8. The van der Waals surface area contributed by atoms with Crippen molar-refractivity contribution in [1.29, 1.82) is 0 Å². The molecule has 1 saturated carbocycles. The number of rotatable bonds is 1. The van der Waals surface area contributed by atoms with Gasteiger partial charge < -0.3 is 5.11 Å². The molecule has 0 spiro atoms. The minimum absolute atomic E-state index is 0.197. The van der Waals surface area contributed by atoms with Crippen LogP contribution in [0.5, 0.6) is 0 Å². The molecule has 0 aromatic carbocycles. The van der Waals surface area contributed by atoms with E-state index in [-0.39, 0.29) is 6.42 Å². The van der Waals surface area contributed by atoms with Crippen LogP contribution in [0.2, 0.25) is 0 Å². The molecule has 2 unspecified atom stereocenters. The zero-order valence-electron chi connectivity index (χ0n) is 4.27. The minimum atomic E-state index is -2.62. The smallest absolute Gasteiger partial charge is 0.254 e. The first-order chi connectivity index (χ1) is 3.54. The Kier molecular flexibility index (Phi) is 1.05. The summed E-state index contributed by atoms with van der Waals surface area (Å²) in [5.74, 6) is -3.50. The lowest BCUT2D eigenvalue weighted by atomic mass is 10.3. The Morgan fingerprint density at radius 1 is 1.75 bits per heavy atom. The first kappa shape index (κ1) is 5.95. The second-order valence-corrected chi connectivity index (χ2v) is 2.14. The maximum atomic E-state index is 11.8. The Morgan fingerprint density at radius 3 is 2.12 bits per heavy atom. The van der Waals surface area contributed by atoms with Gasteiger partial charge in [-0.25, -0.2) is 8.78 Å². The van der Waals surface area contributed by atoms with Crippen molar-refractivity contribution in [3.63, 3.8) is 0 Å². The molecule has 3 heteroatoms. The van der Waals surface area contributed by atoms with E-state index in [1.165, 1.54) is 0 Å². The normalized spacial score (nSPS) is 36.8. The summed E-state index contributed by atoms with van der Waals surface area (Å²) in [5.41, 5.74) is 0. The summed E-state index contributed by atoms with van der Waals surface area (Å²) in [5, 5.41) is 8.44. The van der Waals surface area contributed by atoms with Crippen molar-refractivity contribution in [1.82, 2.24) is 0 Å². The topological polar surface area (TPSA) is 20.2 Å². The molecule has 1 nitrogen and oxygen atoms in total. The summed E-state index contributed by atoms with van der Waals surface area (Å²) in [7, 11) is 0. The van der Waals surface area contributed by atoms with Crippen LogP contribution in [0.3, 0.4) is 0 Å². The van der Waals surface area contributed by atoms with Crippen LogP contribution in [0.25, 0.3) is 0 Å². The van der Waals surface area contributed by atoms with Crippen LogP contribution in [-0.2, 0) is 0 Å². The lowest BCUT2D eigenvalue weighted by Crippen LogP contribution is -2.09. The third-order valence-electron chi connectivity index (χ3n) is 1.34. The van der Waals surface area contributed by atoms with Gasteiger partial charge in [-0.2, -0.15) is 0 Å². The van der Waals surface area contributed by atoms with Crippen LogP contribution in [0.4, 0.5) is 8.78 Å². The molecule has 1 radical (unpaired) electrons. The molecule has 0 amide bonds. The number of aliphatic hydroxyl groups excluding tert-OH is 1. The fourth-order valence-corrected chi connectivity index (χ4v) is 0.652. The quantitative estimate of drug-likeness (QED) is 0.545. The predicted octanol–water partition coefficient (Wildman–Crippen LogP) is 0.837. The van der Waals surface area contributed by atoms with Gasteiger partial charge in [0.25, 0.3) is 5.92 Å². The first-order valence-electron chi connectivity index (χ1n) is 2.43. The number of alkyl halides is 2. The van der Waals surface area contributed by atoms with E-state index in [9.17, 15) is 8.78 Å². The molecule has 0 saturated heterocycles. The van der Waals surface area contributed by atoms with E-state index < -0.39 is 17.9 Å². The van der Waals surface area contributed by atoms with Crippen LogP contribution < -0.4 is 0 Å². The summed E-state index contributed by atoms with van der Waals surface area (Å²) in [6.07, 6.45) is -1.29. The highest BCUT2D eigenvalue weighted by molar-refractivity contribution is 4.99. The standard InChI is InChI=1S/C5H7F2O/c1-3(8)4-2-5(4,6)7/h3-4,8H,1-2H2. The number of hydrogen-bond donors (Lipinski definition) is 1. The van der Waals surface area contributed by atoms with Crippen LogP contribution in [0.15, 0.2) is 0 Å². The lowest BCUT2D eigenvalue weighted by Gasteiger charge is -1.98. The average Bonchev–Trinajstić information content (AvgIpc) is 2.13. The molecule has 0 aromatic rings. The lowest BCUT2D eigenvalue weighted by molar-refractivity contribution is 0.0635. The highest BCUT2D eigenvalue weighted by Crippen LogP contribution is 2.50. The highest BCUT2D eigenvalue weighted by Gasteiger charge is 2.59. The van der Waals surface area contributed by atoms with E-state index in [2.05, 4.69) is 6.92 Å². The van der Waals surface area contributed by atoms with Crippen molar-refractivity contribution >= 4 is 0 Å². The number of hydrogen-bond acceptors (Lipinski definition) is 1. The van der Waals surface area contributed by atoms with Gasteiger partial charge in [0.15, 0.2) is 0 Å². The van der Waals surface area contributed by atoms with Gasteiger partial charge in [0.1, 0.15) is 0 Å². The Morgan fingerprint density at radius 2 is 2.12 bits per heavy atom. The molecule has 0 aromatic heterocycles. The Labute approximate surface area is 46.3 Å². The van der Waals surface area contributed by atoms with Gasteiger partial charge in [-0.1, -0.05) is 0 Å². The molecular formula is C5H7F2O. The molecule has 0 aliphatic heterocycles. The molecule has 1 N–H and O–H groups in total. The van der Waals surface area contributed by atoms with Crippen LogP contribution >= 0.6 is 0 Å². The third-order valence-corrected chi connectivity index (χ3v) is 1.34. The summed E-state index contributed by atoms with van der Waals surface area (Å²) < 4.78 is 23.7. The second-order valence-electron chi connectivity index (χ2n) is 2.14. The van der Waals surface area contributed by atoms with Crippen molar-refractivity contribution < 1.29 is 13.9 Å². The SMILES string of the molecule is [CH2]C(O)C1CC1(F)F. The monoisotopic (exact) mass is 121 g/mol. The zero-order chi connectivity index (χ0) is 6.36. The molecule has 0 bridgehead atoms. The van der Waals surface area contributed by atoms with Gasteiger partial charge >= 0.3 is 0 Å². The zero-order valence-corrected chi connectivity index (χ0v) is 4.27. The Bertz CT molecular complexity index is 101. The fraction of sp³-hybridized carbons (Fsp3) is 0.800. The van der Waals surface area contributed by atoms with E-state index in [0.29, 0.717) is 0 Å². The van der Waals surface area contributed by atoms with Crippen molar-refractivity contribution in [3.05, 3.63) is 6.92 Å². The van der Waals surface area contributed by atoms with E-state index in [1.54, 1.807) is 0 Å². The molecule has 1 rings (SSSR count). The van der Waals surface area contributed by atoms with Gasteiger partial charge in [0.2, 0.25) is 0 Å². The third kappa shape index (κ3) is 0.823. The van der Waals surface area contributed by atoms with Crippen molar-refractivity contribution in [3.8, 4) is 0 Å². The first-order valence-corrected chi connectivity index (χ1v) is 2.43. The molecule has 2 atom stereocenters. The summed E-state index contributed by atoms with van der Waals surface area (Å²) in [6, 6.07) is 0. The molecule has 47 valence electrons. The Balaban J connectivity index is 2.37. The number of aliphatic hydroxyl groups is 1. The molecule has 8 heavy (non-hydrogen) atoms. The van der Waals surface area contributed by atoms with Gasteiger partial charge in [0.05, 0.1) is 12.0 Å².